The summed E-state index contributed by atoms with van der Waals surface area (Å²) in [5.74, 6) is 0.0103. The fourth-order valence-electron chi connectivity index (χ4n) is 3.43. The molecule has 0 aromatic heterocycles. The van der Waals surface area contributed by atoms with Crippen LogP contribution in [0.5, 0.6) is 0 Å². The maximum Gasteiger partial charge on any atom is 0.234 e. The Morgan fingerprint density at radius 1 is 1.24 bits per heavy atom. The molecule has 1 aromatic rings. The second kappa shape index (κ2) is 9.32. The molecule has 1 aromatic carbocycles. The fourth-order valence-corrected chi connectivity index (χ4v) is 3.43. The fraction of sp³-hybridized carbons (Fsp3) is 0.650. The minimum absolute atomic E-state index is 0.0103. The summed E-state index contributed by atoms with van der Waals surface area (Å²) < 4.78 is 5.54. The normalized spacial score (nSPS) is 18.3. The minimum Gasteiger partial charge on any atom is -0.392 e. The lowest BCUT2D eigenvalue weighted by Gasteiger charge is -2.38. The van der Waals surface area contributed by atoms with Crippen LogP contribution in [0, 0.1) is 0 Å². The predicted molar refractivity (Wildman–Crippen MR) is 99.6 cm³/mol. The van der Waals surface area contributed by atoms with E-state index in [9.17, 15) is 9.90 Å². The van der Waals surface area contributed by atoms with Crippen molar-refractivity contribution in [3.8, 4) is 0 Å². The second-order valence-corrected chi connectivity index (χ2v) is 7.41. The number of rotatable bonds is 8. The average molecular weight is 348 g/mol. The summed E-state index contributed by atoms with van der Waals surface area (Å²) in [6.45, 7) is 8.72. The highest BCUT2D eigenvalue weighted by molar-refractivity contribution is 5.78. The van der Waals surface area contributed by atoms with Gasteiger partial charge in [-0.1, -0.05) is 30.3 Å². The number of aliphatic hydroxyl groups excluding tert-OH is 1. The van der Waals surface area contributed by atoms with Gasteiger partial charge in [-0.05, 0) is 39.2 Å². The van der Waals surface area contributed by atoms with Crippen LogP contribution in [0.1, 0.15) is 39.2 Å². The van der Waals surface area contributed by atoms with Gasteiger partial charge >= 0.3 is 0 Å². The molecule has 1 saturated heterocycles. The Morgan fingerprint density at radius 3 is 2.44 bits per heavy atom. The molecule has 0 aliphatic carbocycles. The van der Waals surface area contributed by atoms with E-state index in [1.165, 1.54) is 5.56 Å². The molecule has 1 aliphatic heterocycles. The van der Waals surface area contributed by atoms with Gasteiger partial charge in [-0.25, -0.2) is 0 Å². The molecule has 2 rings (SSSR count). The van der Waals surface area contributed by atoms with Crippen molar-refractivity contribution in [1.82, 2.24) is 10.2 Å². The Morgan fingerprint density at radius 2 is 1.88 bits per heavy atom. The highest BCUT2D eigenvalue weighted by Gasteiger charge is 2.34. The molecule has 1 unspecified atom stereocenters. The first kappa shape index (κ1) is 19.9. The predicted octanol–water partition coefficient (Wildman–Crippen LogP) is 1.94. The van der Waals surface area contributed by atoms with Crippen LogP contribution >= 0.6 is 0 Å². The van der Waals surface area contributed by atoms with Crippen LogP contribution in [-0.2, 0) is 14.9 Å². The molecule has 1 fully saturated rings. The summed E-state index contributed by atoms with van der Waals surface area (Å²) in [7, 11) is 0. The van der Waals surface area contributed by atoms with E-state index in [2.05, 4.69) is 29.6 Å². The number of benzene rings is 1. The van der Waals surface area contributed by atoms with E-state index < -0.39 is 6.10 Å². The van der Waals surface area contributed by atoms with Gasteiger partial charge in [0.25, 0.3) is 0 Å². The molecular weight excluding hydrogens is 316 g/mol. The maximum atomic E-state index is 12.5. The van der Waals surface area contributed by atoms with Crippen LogP contribution in [0.25, 0.3) is 0 Å². The van der Waals surface area contributed by atoms with Crippen molar-refractivity contribution in [3.05, 3.63) is 35.9 Å². The topological polar surface area (TPSA) is 61.8 Å². The number of nitrogens with zero attached hydrogens (tertiary/aromatic N) is 1. The zero-order chi connectivity index (χ0) is 18.3. The number of carbonyl (C=O) groups excluding carboxylic acids is 1. The standard InChI is InChI=1S/C20H32N2O3/c1-16(2)22(13-17(3)23)14-19(24)21-15-20(9-11-25-12-10-20)18-7-5-4-6-8-18/h4-8,16-17,23H,9-15H2,1-3H3,(H,21,24). The first-order valence-corrected chi connectivity index (χ1v) is 9.25. The molecule has 5 nitrogen and oxygen atoms in total. The highest BCUT2D eigenvalue weighted by atomic mass is 16.5. The van der Waals surface area contributed by atoms with E-state index in [1.807, 2.05) is 24.8 Å². The lowest BCUT2D eigenvalue weighted by Crippen LogP contribution is -2.48. The van der Waals surface area contributed by atoms with Gasteiger partial charge < -0.3 is 15.2 Å². The van der Waals surface area contributed by atoms with E-state index in [-0.39, 0.29) is 17.4 Å². The molecule has 1 atom stereocenters. The minimum atomic E-state index is -0.443. The van der Waals surface area contributed by atoms with Gasteiger partial charge in [0.1, 0.15) is 0 Å². The van der Waals surface area contributed by atoms with Crippen molar-refractivity contribution in [3.63, 3.8) is 0 Å². The zero-order valence-corrected chi connectivity index (χ0v) is 15.7. The molecule has 0 spiro atoms. The molecule has 25 heavy (non-hydrogen) atoms. The summed E-state index contributed by atoms with van der Waals surface area (Å²) >= 11 is 0. The molecule has 1 amide bonds. The summed E-state index contributed by atoms with van der Waals surface area (Å²) in [6, 6.07) is 10.6. The molecular formula is C20H32N2O3. The summed E-state index contributed by atoms with van der Waals surface area (Å²) in [5, 5.41) is 12.8. The lowest BCUT2D eigenvalue weighted by atomic mass is 9.74. The number of aliphatic hydroxyl groups is 1. The molecule has 0 saturated carbocycles. The molecule has 0 radical (unpaired) electrons. The lowest BCUT2D eigenvalue weighted by molar-refractivity contribution is -0.123. The Kier molecular flexibility index (Phi) is 7.41. The molecule has 1 heterocycles. The summed E-state index contributed by atoms with van der Waals surface area (Å²) in [4.78, 5) is 14.5. The van der Waals surface area contributed by atoms with Crippen LogP contribution in [0.3, 0.4) is 0 Å². The SMILES string of the molecule is CC(O)CN(CC(=O)NCC1(c2ccccc2)CCOCC1)C(C)C. The van der Waals surface area contributed by atoms with Crippen molar-refractivity contribution in [2.24, 2.45) is 0 Å². The number of nitrogens with one attached hydrogen (secondary N) is 1. The monoisotopic (exact) mass is 348 g/mol. The van der Waals surface area contributed by atoms with Crippen LogP contribution in [-0.4, -0.2) is 60.9 Å². The van der Waals surface area contributed by atoms with Crippen molar-refractivity contribution < 1.29 is 14.6 Å². The third kappa shape index (κ3) is 5.80. The van der Waals surface area contributed by atoms with Crippen LogP contribution < -0.4 is 5.32 Å². The summed E-state index contributed by atoms with van der Waals surface area (Å²) in [6.07, 6.45) is 1.39. The largest absolute Gasteiger partial charge is 0.392 e. The third-order valence-electron chi connectivity index (χ3n) is 5.04. The van der Waals surface area contributed by atoms with Crippen LogP contribution in [0.4, 0.5) is 0 Å². The smallest absolute Gasteiger partial charge is 0.234 e. The highest BCUT2D eigenvalue weighted by Crippen LogP contribution is 2.34. The Bertz CT molecular complexity index is 525. The van der Waals surface area contributed by atoms with E-state index in [0.717, 1.165) is 26.1 Å². The molecule has 140 valence electrons. The van der Waals surface area contributed by atoms with Gasteiger partial charge in [-0.15, -0.1) is 0 Å². The van der Waals surface area contributed by atoms with E-state index in [0.29, 0.717) is 19.6 Å². The van der Waals surface area contributed by atoms with Gasteiger partial charge in [-0.2, -0.15) is 0 Å². The molecule has 0 bridgehead atoms. The van der Waals surface area contributed by atoms with Crippen molar-refractivity contribution in [2.45, 2.75) is 51.2 Å². The Balaban J connectivity index is 1.99. The summed E-state index contributed by atoms with van der Waals surface area (Å²) in [5.41, 5.74) is 1.21. The van der Waals surface area contributed by atoms with Crippen molar-refractivity contribution in [2.75, 3.05) is 32.8 Å². The second-order valence-electron chi connectivity index (χ2n) is 7.41. The number of carbonyl (C=O) groups is 1. The van der Waals surface area contributed by atoms with Crippen molar-refractivity contribution in [1.29, 1.82) is 0 Å². The Labute approximate surface area is 151 Å². The quantitative estimate of drug-likeness (QED) is 0.754. The van der Waals surface area contributed by atoms with Gasteiger partial charge in [0.15, 0.2) is 0 Å². The van der Waals surface area contributed by atoms with Crippen LogP contribution in [0.2, 0.25) is 0 Å². The molecule has 5 heteroatoms. The molecule has 2 N–H and O–H groups in total. The first-order chi connectivity index (χ1) is 11.9. The van der Waals surface area contributed by atoms with Crippen molar-refractivity contribution >= 4 is 5.91 Å². The van der Waals surface area contributed by atoms with Gasteiger partial charge in [0.2, 0.25) is 5.91 Å². The van der Waals surface area contributed by atoms with Gasteiger partial charge in [-0.3, -0.25) is 9.69 Å². The average Bonchev–Trinajstić information content (AvgIpc) is 2.60. The zero-order valence-electron chi connectivity index (χ0n) is 15.7. The third-order valence-corrected chi connectivity index (χ3v) is 5.04. The van der Waals surface area contributed by atoms with E-state index >= 15 is 0 Å². The Hall–Kier alpha value is -1.43. The van der Waals surface area contributed by atoms with Gasteiger partial charge in [0.05, 0.1) is 12.6 Å². The number of amides is 1. The van der Waals surface area contributed by atoms with Gasteiger partial charge in [0, 0.05) is 37.8 Å². The first-order valence-electron chi connectivity index (χ1n) is 9.25. The van der Waals surface area contributed by atoms with E-state index in [1.54, 1.807) is 6.92 Å². The maximum absolute atomic E-state index is 12.5. The number of hydrogen-bond acceptors (Lipinski definition) is 4. The van der Waals surface area contributed by atoms with Crippen LogP contribution in [0.15, 0.2) is 30.3 Å². The number of hydrogen-bond donors (Lipinski definition) is 2. The molecule has 1 aliphatic rings. The van der Waals surface area contributed by atoms with E-state index in [4.69, 9.17) is 4.74 Å². The number of ether oxygens (including phenoxy) is 1.